The molecule has 0 bridgehead atoms. The van der Waals surface area contributed by atoms with Gasteiger partial charge >= 0.3 is 0 Å². The summed E-state index contributed by atoms with van der Waals surface area (Å²) in [7, 11) is 4.30. The standard InChI is InChI=1S/C9H12BrN.BrH/c1-11(2)7-8-5-3-4-6-9(8)10;/h3-6H,7H2,1-2H3;1H. The minimum Gasteiger partial charge on any atom is -1.00 e. The summed E-state index contributed by atoms with van der Waals surface area (Å²) in [5.41, 5.74) is 1.37. The van der Waals surface area contributed by atoms with Crippen molar-refractivity contribution in [3.05, 3.63) is 34.3 Å². The predicted octanol–water partition coefficient (Wildman–Crippen LogP) is -1.90. The molecular formula is C9H13Br2N. The lowest BCUT2D eigenvalue weighted by molar-refractivity contribution is -0.872. The molecule has 3 heteroatoms. The first-order valence-corrected chi connectivity index (χ1v) is 4.52. The SMILES string of the molecule is C[NH+](C)Cc1ccccc1Br.[Br-]. The first-order chi connectivity index (χ1) is 5.20. The number of nitrogens with one attached hydrogen (secondary N) is 1. The number of halogens is 2. The molecule has 0 unspecified atom stereocenters. The van der Waals surface area contributed by atoms with Gasteiger partial charge in [0.05, 0.1) is 14.1 Å². The van der Waals surface area contributed by atoms with Crippen molar-refractivity contribution in [2.45, 2.75) is 6.54 Å². The summed E-state index contributed by atoms with van der Waals surface area (Å²) < 4.78 is 1.21. The van der Waals surface area contributed by atoms with Crippen LogP contribution in [0.25, 0.3) is 0 Å². The summed E-state index contributed by atoms with van der Waals surface area (Å²) in [5, 5.41) is 0. The molecule has 0 aliphatic rings. The summed E-state index contributed by atoms with van der Waals surface area (Å²) in [6, 6.07) is 8.34. The van der Waals surface area contributed by atoms with Crippen LogP contribution < -0.4 is 21.9 Å². The van der Waals surface area contributed by atoms with Gasteiger partial charge in [-0.2, -0.15) is 0 Å². The Labute approximate surface area is 92.7 Å². The van der Waals surface area contributed by atoms with Crippen LogP contribution in [0.4, 0.5) is 0 Å². The Hall–Kier alpha value is 0.140. The van der Waals surface area contributed by atoms with Crippen molar-refractivity contribution in [3.8, 4) is 0 Å². The van der Waals surface area contributed by atoms with E-state index >= 15 is 0 Å². The highest BCUT2D eigenvalue weighted by atomic mass is 79.9. The van der Waals surface area contributed by atoms with E-state index in [1.165, 1.54) is 14.9 Å². The van der Waals surface area contributed by atoms with Gasteiger partial charge in [-0.3, -0.25) is 0 Å². The van der Waals surface area contributed by atoms with Gasteiger partial charge in [-0.15, -0.1) is 0 Å². The molecule has 68 valence electrons. The Kier molecular flexibility index (Phi) is 5.80. The molecule has 0 spiro atoms. The Morgan fingerprint density at radius 3 is 2.33 bits per heavy atom. The van der Waals surface area contributed by atoms with Crippen LogP contribution in [0.3, 0.4) is 0 Å². The van der Waals surface area contributed by atoms with Crippen LogP contribution in [0.2, 0.25) is 0 Å². The van der Waals surface area contributed by atoms with Gasteiger partial charge in [-0.25, -0.2) is 0 Å². The first-order valence-electron chi connectivity index (χ1n) is 3.72. The van der Waals surface area contributed by atoms with E-state index < -0.39 is 0 Å². The summed E-state index contributed by atoms with van der Waals surface area (Å²) in [6.07, 6.45) is 0. The summed E-state index contributed by atoms with van der Waals surface area (Å²) in [5.74, 6) is 0. The van der Waals surface area contributed by atoms with Crippen LogP contribution in [0.5, 0.6) is 0 Å². The second kappa shape index (κ2) is 5.73. The smallest absolute Gasteiger partial charge is 0.103 e. The van der Waals surface area contributed by atoms with Gasteiger partial charge in [0.1, 0.15) is 6.54 Å². The highest BCUT2D eigenvalue weighted by Crippen LogP contribution is 2.14. The van der Waals surface area contributed by atoms with Gasteiger partial charge in [0.25, 0.3) is 0 Å². The molecule has 0 aliphatic carbocycles. The van der Waals surface area contributed by atoms with Gasteiger partial charge in [0.2, 0.25) is 0 Å². The fourth-order valence-corrected chi connectivity index (χ4v) is 1.45. The van der Waals surface area contributed by atoms with Crippen molar-refractivity contribution in [1.82, 2.24) is 0 Å². The zero-order valence-corrected chi connectivity index (χ0v) is 10.4. The van der Waals surface area contributed by atoms with Crippen molar-refractivity contribution in [3.63, 3.8) is 0 Å². The minimum atomic E-state index is 0. The fourth-order valence-electron chi connectivity index (χ4n) is 1.02. The Morgan fingerprint density at radius 1 is 1.25 bits per heavy atom. The Balaban J connectivity index is 0.00000121. The second-order valence-corrected chi connectivity index (χ2v) is 3.83. The number of hydrogen-bond donors (Lipinski definition) is 1. The highest BCUT2D eigenvalue weighted by molar-refractivity contribution is 9.10. The molecule has 1 rings (SSSR count). The molecule has 1 nitrogen and oxygen atoms in total. The van der Waals surface area contributed by atoms with E-state index in [1.54, 1.807) is 0 Å². The Bertz CT molecular complexity index is 236. The Morgan fingerprint density at radius 2 is 1.83 bits per heavy atom. The molecule has 0 aliphatic heterocycles. The maximum Gasteiger partial charge on any atom is 0.103 e. The lowest BCUT2D eigenvalue weighted by atomic mass is 10.2. The van der Waals surface area contributed by atoms with Gasteiger partial charge in [0.15, 0.2) is 0 Å². The molecular weight excluding hydrogens is 282 g/mol. The summed E-state index contributed by atoms with van der Waals surface area (Å²) >= 11 is 3.51. The molecule has 0 saturated carbocycles. The third kappa shape index (κ3) is 3.70. The van der Waals surface area contributed by atoms with E-state index in [0.717, 1.165) is 6.54 Å². The lowest BCUT2D eigenvalue weighted by Gasteiger charge is -2.07. The molecule has 0 saturated heterocycles. The third-order valence-electron chi connectivity index (χ3n) is 1.50. The minimum absolute atomic E-state index is 0. The zero-order valence-electron chi connectivity index (χ0n) is 7.27. The average molecular weight is 295 g/mol. The molecule has 0 atom stereocenters. The fraction of sp³-hybridized carbons (Fsp3) is 0.333. The first kappa shape index (κ1) is 12.1. The van der Waals surface area contributed by atoms with E-state index in [0.29, 0.717) is 0 Å². The summed E-state index contributed by atoms with van der Waals surface area (Å²) in [4.78, 5) is 1.44. The predicted molar refractivity (Wildman–Crippen MR) is 50.7 cm³/mol. The number of rotatable bonds is 2. The molecule has 0 radical (unpaired) electrons. The molecule has 1 N–H and O–H groups in total. The van der Waals surface area contributed by atoms with Gasteiger partial charge in [-0.05, 0) is 6.07 Å². The van der Waals surface area contributed by atoms with Crippen molar-refractivity contribution < 1.29 is 21.9 Å². The van der Waals surface area contributed by atoms with E-state index in [-0.39, 0.29) is 17.0 Å². The van der Waals surface area contributed by atoms with E-state index in [2.05, 4.69) is 48.2 Å². The zero-order chi connectivity index (χ0) is 8.27. The van der Waals surface area contributed by atoms with Crippen LogP contribution in [0.15, 0.2) is 28.7 Å². The second-order valence-electron chi connectivity index (χ2n) is 2.98. The molecule has 1 aromatic rings. The van der Waals surface area contributed by atoms with Gasteiger partial charge in [0, 0.05) is 10.0 Å². The monoisotopic (exact) mass is 293 g/mol. The van der Waals surface area contributed by atoms with Crippen molar-refractivity contribution in [2.24, 2.45) is 0 Å². The molecule has 0 heterocycles. The van der Waals surface area contributed by atoms with E-state index in [4.69, 9.17) is 0 Å². The van der Waals surface area contributed by atoms with Crippen LogP contribution in [-0.4, -0.2) is 14.1 Å². The van der Waals surface area contributed by atoms with Crippen LogP contribution >= 0.6 is 15.9 Å². The van der Waals surface area contributed by atoms with E-state index in [9.17, 15) is 0 Å². The third-order valence-corrected chi connectivity index (χ3v) is 2.28. The topological polar surface area (TPSA) is 4.44 Å². The largest absolute Gasteiger partial charge is 1.00 e. The maximum atomic E-state index is 3.51. The highest BCUT2D eigenvalue weighted by Gasteiger charge is 2.00. The molecule has 12 heavy (non-hydrogen) atoms. The molecule has 1 aromatic carbocycles. The quantitative estimate of drug-likeness (QED) is 0.650. The molecule has 0 aromatic heterocycles. The van der Waals surface area contributed by atoms with Crippen molar-refractivity contribution in [2.75, 3.05) is 14.1 Å². The lowest BCUT2D eigenvalue weighted by Crippen LogP contribution is -3.04. The van der Waals surface area contributed by atoms with Crippen LogP contribution in [0.1, 0.15) is 5.56 Å². The molecule has 0 fully saturated rings. The van der Waals surface area contributed by atoms with E-state index in [1.807, 2.05) is 6.07 Å². The van der Waals surface area contributed by atoms with Gasteiger partial charge in [-0.1, -0.05) is 34.1 Å². The van der Waals surface area contributed by atoms with Crippen LogP contribution in [0, 0.1) is 0 Å². The van der Waals surface area contributed by atoms with Crippen LogP contribution in [-0.2, 0) is 6.54 Å². The summed E-state index contributed by atoms with van der Waals surface area (Å²) in [6.45, 7) is 1.07. The number of quaternary nitrogens is 1. The molecule has 0 amide bonds. The normalized spacial score (nSPS) is 9.67. The number of hydrogen-bond acceptors (Lipinski definition) is 0. The van der Waals surface area contributed by atoms with Gasteiger partial charge < -0.3 is 21.9 Å². The van der Waals surface area contributed by atoms with Crippen molar-refractivity contribution in [1.29, 1.82) is 0 Å². The number of benzene rings is 1. The maximum absolute atomic E-state index is 3.51. The average Bonchev–Trinajstić information content (AvgIpc) is 1.93. The van der Waals surface area contributed by atoms with Crippen molar-refractivity contribution >= 4 is 15.9 Å².